The van der Waals surface area contributed by atoms with Crippen LogP contribution < -0.4 is 10.6 Å². The van der Waals surface area contributed by atoms with Gasteiger partial charge in [-0.1, -0.05) is 0 Å². The smallest absolute Gasteiger partial charge is 0.377 e. The monoisotopic (exact) mass is 414 g/mol. The van der Waals surface area contributed by atoms with Crippen LogP contribution in [0.1, 0.15) is 41.8 Å². The van der Waals surface area contributed by atoms with E-state index in [1.54, 1.807) is 6.92 Å². The van der Waals surface area contributed by atoms with Crippen molar-refractivity contribution in [3.05, 3.63) is 28.5 Å². The van der Waals surface area contributed by atoms with Crippen LogP contribution in [0, 0.1) is 6.92 Å². The molecular formula is C18H21F3N4O2S. The largest absolute Gasteiger partial charge is 0.417 e. The summed E-state index contributed by atoms with van der Waals surface area (Å²) in [6, 6.07) is 0.904. The zero-order valence-electron chi connectivity index (χ0n) is 15.9. The van der Waals surface area contributed by atoms with Crippen LogP contribution in [0.5, 0.6) is 0 Å². The van der Waals surface area contributed by atoms with Crippen molar-refractivity contribution >= 4 is 23.1 Å². The number of rotatable bonds is 4. The first kappa shape index (κ1) is 20.5. The van der Waals surface area contributed by atoms with Crippen molar-refractivity contribution in [2.75, 3.05) is 18.5 Å². The van der Waals surface area contributed by atoms with E-state index in [-0.39, 0.29) is 27.3 Å². The van der Waals surface area contributed by atoms with Crippen LogP contribution in [-0.2, 0) is 10.9 Å². The van der Waals surface area contributed by atoms with E-state index in [0.717, 1.165) is 17.4 Å². The Morgan fingerprint density at radius 2 is 1.96 bits per heavy atom. The van der Waals surface area contributed by atoms with Crippen LogP contribution in [0.25, 0.3) is 10.4 Å². The number of pyridine rings is 1. The number of carbonyl (C=O) groups is 1. The Labute approximate surface area is 164 Å². The molecule has 1 amide bonds. The fourth-order valence-electron chi connectivity index (χ4n) is 2.63. The number of hydrogen-bond acceptors (Lipinski definition) is 6. The number of nitrogens with one attached hydrogen (secondary N) is 2. The normalized spacial score (nSPS) is 15.2. The number of thiazole rings is 1. The molecule has 2 aromatic rings. The number of amides is 1. The van der Waals surface area contributed by atoms with Gasteiger partial charge in [-0.05, 0) is 33.8 Å². The zero-order valence-corrected chi connectivity index (χ0v) is 16.7. The van der Waals surface area contributed by atoms with Crippen molar-refractivity contribution in [1.29, 1.82) is 0 Å². The summed E-state index contributed by atoms with van der Waals surface area (Å²) in [6.45, 7) is 7.93. The summed E-state index contributed by atoms with van der Waals surface area (Å²) >= 11 is 0.922. The Bertz CT molecular complexity index is 886. The molecule has 1 saturated heterocycles. The lowest BCUT2D eigenvalue weighted by atomic mass is 10.1. The molecule has 0 atom stereocenters. The van der Waals surface area contributed by atoms with Crippen molar-refractivity contribution in [2.45, 2.75) is 45.5 Å². The van der Waals surface area contributed by atoms with Crippen molar-refractivity contribution in [3.8, 4) is 10.4 Å². The van der Waals surface area contributed by atoms with Gasteiger partial charge in [-0.15, -0.1) is 11.3 Å². The van der Waals surface area contributed by atoms with E-state index in [9.17, 15) is 18.0 Å². The van der Waals surface area contributed by atoms with E-state index >= 15 is 0 Å². The first-order valence-electron chi connectivity index (χ1n) is 8.66. The molecule has 0 aliphatic carbocycles. The van der Waals surface area contributed by atoms with Gasteiger partial charge in [0.05, 0.1) is 35.4 Å². The molecule has 2 N–H and O–H groups in total. The molecule has 0 radical (unpaired) electrons. The van der Waals surface area contributed by atoms with Gasteiger partial charge in [-0.3, -0.25) is 4.79 Å². The van der Waals surface area contributed by atoms with Crippen LogP contribution in [0.2, 0.25) is 0 Å². The minimum atomic E-state index is -4.57. The second kappa shape index (κ2) is 7.32. The van der Waals surface area contributed by atoms with Gasteiger partial charge in [0, 0.05) is 17.3 Å². The molecule has 1 aliphatic heterocycles. The highest BCUT2D eigenvalue weighted by atomic mass is 32.1. The van der Waals surface area contributed by atoms with E-state index in [0.29, 0.717) is 18.9 Å². The Morgan fingerprint density at radius 1 is 1.29 bits per heavy atom. The molecule has 1 fully saturated rings. The van der Waals surface area contributed by atoms with Gasteiger partial charge in [-0.25, -0.2) is 9.97 Å². The minimum Gasteiger partial charge on any atom is -0.377 e. The Kier molecular flexibility index (Phi) is 5.37. The molecule has 0 spiro atoms. The number of alkyl halides is 3. The SMILES string of the molecule is Cc1nc(C(=O)NC2COC2)sc1-c1cnc(NC(C)(C)C)cc1C(F)(F)F. The molecular weight excluding hydrogens is 393 g/mol. The molecule has 0 aromatic carbocycles. The maximum atomic E-state index is 13.7. The van der Waals surface area contributed by atoms with E-state index in [4.69, 9.17) is 4.74 Å². The van der Waals surface area contributed by atoms with Crippen LogP contribution >= 0.6 is 11.3 Å². The van der Waals surface area contributed by atoms with E-state index in [1.165, 1.54) is 6.20 Å². The van der Waals surface area contributed by atoms with Crippen molar-refractivity contribution in [1.82, 2.24) is 15.3 Å². The molecule has 3 heterocycles. The van der Waals surface area contributed by atoms with E-state index < -0.39 is 23.2 Å². The highest BCUT2D eigenvalue weighted by Gasteiger charge is 2.36. The fourth-order valence-corrected chi connectivity index (χ4v) is 3.63. The summed E-state index contributed by atoms with van der Waals surface area (Å²) in [6.07, 6.45) is -3.40. The van der Waals surface area contributed by atoms with Gasteiger partial charge in [0.2, 0.25) is 0 Å². The second-order valence-corrected chi connectivity index (χ2v) is 8.63. The predicted molar refractivity (Wildman–Crippen MR) is 101 cm³/mol. The van der Waals surface area contributed by atoms with Gasteiger partial charge < -0.3 is 15.4 Å². The lowest BCUT2D eigenvalue weighted by Gasteiger charge is -2.26. The van der Waals surface area contributed by atoms with Crippen LogP contribution in [0.4, 0.5) is 19.0 Å². The van der Waals surface area contributed by atoms with Gasteiger partial charge in [0.15, 0.2) is 5.01 Å². The first-order valence-corrected chi connectivity index (χ1v) is 9.47. The number of hydrogen-bond donors (Lipinski definition) is 2. The number of halogens is 3. The van der Waals surface area contributed by atoms with Gasteiger partial charge >= 0.3 is 6.18 Å². The van der Waals surface area contributed by atoms with Crippen molar-refractivity contribution < 1.29 is 22.7 Å². The summed E-state index contributed by atoms with van der Waals surface area (Å²) in [4.78, 5) is 20.8. The molecule has 152 valence electrons. The Balaban J connectivity index is 1.97. The third kappa shape index (κ3) is 4.61. The quantitative estimate of drug-likeness (QED) is 0.794. The third-order valence-electron chi connectivity index (χ3n) is 3.92. The van der Waals surface area contributed by atoms with Gasteiger partial charge in [-0.2, -0.15) is 13.2 Å². The van der Waals surface area contributed by atoms with E-state index in [2.05, 4.69) is 20.6 Å². The summed E-state index contributed by atoms with van der Waals surface area (Å²) < 4.78 is 46.1. The number of aromatic nitrogens is 2. The molecule has 28 heavy (non-hydrogen) atoms. The number of ether oxygens (including phenoxy) is 1. The van der Waals surface area contributed by atoms with Crippen LogP contribution in [0.15, 0.2) is 12.3 Å². The molecule has 0 bridgehead atoms. The number of carbonyl (C=O) groups excluding carboxylic acids is 1. The number of anilines is 1. The first-order chi connectivity index (χ1) is 12.9. The maximum Gasteiger partial charge on any atom is 0.417 e. The van der Waals surface area contributed by atoms with E-state index in [1.807, 2.05) is 20.8 Å². The zero-order chi connectivity index (χ0) is 20.7. The maximum absolute atomic E-state index is 13.7. The van der Waals surface area contributed by atoms with Crippen molar-refractivity contribution in [3.63, 3.8) is 0 Å². The lowest BCUT2D eigenvalue weighted by Crippen LogP contribution is -2.48. The topological polar surface area (TPSA) is 76.1 Å². The highest BCUT2D eigenvalue weighted by molar-refractivity contribution is 7.17. The molecule has 6 nitrogen and oxygen atoms in total. The summed E-state index contributed by atoms with van der Waals surface area (Å²) in [5, 5.41) is 5.80. The highest BCUT2D eigenvalue weighted by Crippen LogP contribution is 2.41. The Hall–Kier alpha value is -2.20. The molecule has 2 aromatic heterocycles. The summed E-state index contributed by atoms with van der Waals surface area (Å²) in [5.41, 5.74) is -0.994. The average molecular weight is 414 g/mol. The number of aryl methyl sites for hydroxylation is 1. The van der Waals surface area contributed by atoms with Crippen LogP contribution in [-0.4, -0.2) is 40.7 Å². The number of nitrogens with zero attached hydrogens (tertiary/aromatic N) is 2. The summed E-state index contributed by atoms with van der Waals surface area (Å²) in [7, 11) is 0. The second-order valence-electron chi connectivity index (χ2n) is 7.63. The molecule has 1 aliphatic rings. The standard InChI is InChI=1S/C18H21F3N4O2S/c1-9-14(28-16(23-9)15(26)24-10-7-27-8-10)11-6-22-13(25-17(2,3)4)5-12(11)18(19,20)21/h5-6,10H,7-8H2,1-4H3,(H,22,25)(H,24,26). The van der Waals surface area contributed by atoms with Crippen LogP contribution in [0.3, 0.4) is 0 Å². The molecule has 10 heteroatoms. The fraction of sp³-hybridized carbons (Fsp3) is 0.500. The average Bonchev–Trinajstić information content (AvgIpc) is 2.90. The third-order valence-corrected chi connectivity index (χ3v) is 5.11. The van der Waals surface area contributed by atoms with Gasteiger partial charge in [0.1, 0.15) is 5.82 Å². The molecule has 0 saturated carbocycles. The lowest BCUT2D eigenvalue weighted by molar-refractivity contribution is -0.137. The van der Waals surface area contributed by atoms with Crippen molar-refractivity contribution in [2.24, 2.45) is 0 Å². The minimum absolute atomic E-state index is 0.0877. The Morgan fingerprint density at radius 3 is 2.50 bits per heavy atom. The molecule has 3 rings (SSSR count). The summed E-state index contributed by atoms with van der Waals surface area (Å²) in [5.74, 6) is -0.283. The van der Waals surface area contributed by atoms with Gasteiger partial charge in [0.25, 0.3) is 5.91 Å². The molecule has 0 unspecified atom stereocenters. The predicted octanol–water partition coefficient (Wildman–Crippen LogP) is 3.87.